The largest absolute Gasteiger partial charge is 0.493 e. The van der Waals surface area contributed by atoms with E-state index in [-0.39, 0.29) is 24.3 Å². The SMILES string of the molecule is COc1ccccc1OCCN1C(=O)S/C(=C\c2ccc(-c3cccc(Cl)c3)o2)C1=O. The van der Waals surface area contributed by atoms with Crippen LogP contribution in [-0.2, 0) is 4.79 Å². The van der Waals surface area contributed by atoms with Crippen molar-refractivity contribution in [2.45, 2.75) is 0 Å². The molecule has 3 aromatic rings. The molecule has 6 nitrogen and oxygen atoms in total. The standard InChI is InChI=1S/C23H18ClNO5S/c1-28-19-7-2-3-8-20(19)29-12-11-25-22(26)21(31-23(25)27)14-17-9-10-18(30-17)15-5-4-6-16(24)13-15/h2-10,13-14H,11-12H2,1H3/b21-14-. The summed E-state index contributed by atoms with van der Waals surface area (Å²) in [6, 6.07) is 18.0. The second-order valence-electron chi connectivity index (χ2n) is 6.55. The predicted molar refractivity (Wildman–Crippen MR) is 120 cm³/mol. The zero-order chi connectivity index (χ0) is 21.8. The highest BCUT2D eigenvalue weighted by atomic mass is 35.5. The molecule has 8 heteroatoms. The number of ether oxygens (including phenoxy) is 2. The number of furan rings is 1. The van der Waals surface area contributed by atoms with Crippen molar-refractivity contribution in [3.05, 3.63) is 76.4 Å². The van der Waals surface area contributed by atoms with Crippen LogP contribution in [0.1, 0.15) is 5.76 Å². The number of para-hydroxylation sites is 2. The Bertz CT molecular complexity index is 1160. The Kier molecular flexibility index (Phi) is 6.34. The Hall–Kier alpha value is -3.16. The van der Waals surface area contributed by atoms with E-state index in [0.717, 1.165) is 22.2 Å². The first-order valence-electron chi connectivity index (χ1n) is 9.42. The molecular weight excluding hydrogens is 438 g/mol. The molecule has 0 atom stereocenters. The summed E-state index contributed by atoms with van der Waals surface area (Å²) < 4.78 is 16.7. The Labute approximate surface area is 188 Å². The van der Waals surface area contributed by atoms with Gasteiger partial charge in [-0.25, -0.2) is 0 Å². The Morgan fingerprint density at radius 2 is 1.87 bits per heavy atom. The maximum absolute atomic E-state index is 12.7. The molecule has 0 saturated carbocycles. The van der Waals surface area contributed by atoms with Crippen molar-refractivity contribution >= 4 is 40.6 Å². The molecule has 31 heavy (non-hydrogen) atoms. The summed E-state index contributed by atoms with van der Waals surface area (Å²) >= 11 is 6.90. The lowest BCUT2D eigenvalue weighted by molar-refractivity contribution is -0.123. The molecule has 1 aliphatic heterocycles. The molecule has 0 spiro atoms. The fourth-order valence-corrected chi connectivity index (χ4v) is 4.07. The van der Waals surface area contributed by atoms with Gasteiger partial charge in [-0.1, -0.05) is 35.9 Å². The predicted octanol–water partition coefficient (Wildman–Crippen LogP) is 5.72. The topological polar surface area (TPSA) is 69.0 Å². The van der Waals surface area contributed by atoms with Gasteiger partial charge in [0.1, 0.15) is 18.1 Å². The summed E-state index contributed by atoms with van der Waals surface area (Å²) in [6.45, 7) is 0.289. The number of carbonyl (C=O) groups is 2. The van der Waals surface area contributed by atoms with E-state index in [4.69, 9.17) is 25.5 Å². The number of rotatable bonds is 7. The van der Waals surface area contributed by atoms with Gasteiger partial charge < -0.3 is 13.9 Å². The Morgan fingerprint density at radius 1 is 1.06 bits per heavy atom. The van der Waals surface area contributed by atoms with Crippen LogP contribution in [0.3, 0.4) is 0 Å². The van der Waals surface area contributed by atoms with Gasteiger partial charge in [-0.3, -0.25) is 14.5 Å². The van der Waals surface area contributed by atoms with Crippen LogP contribution in [0.5, 0.6) is 11.5 Å². The zero-order valence-electron chi connectivity index (χ0n) is 16.5. The van der Waals surface area contributed by atoms with E-state index >= 15 is 0 Å². The van der Waals surface area contributed by atoms with E-state index in [0.29, 0.717) is 32.9 Å². The van der Waals surface area contributed by atoms with Gasteiger partial charge in [-0.15, -0.1) is 0 Å². The molecule has 2 amide bonds. The molecule has 0 N–H and O–H groups in total. The highest BCUT2D eigenvalue weighted by Crippen LogP contribution is 2.34. The molecule has 1 fully saturated rings. The average molecular weight is 456 g/mol. The number of nitrogens with zero attached hydrogens (tertiary/aromatic N) is 1. The van der Waals surface area contributed by atoms with Crippen molar-refractivity contribution in [2.24, 2.45) is 0 Å². The van der Waals surface area contributed by atoms with Crippen molar-refractivity contribution in [3.63, 3.8) is 0 Å². The number of hydrogen-bond acceptors (Lipinski definition) is 6. The molecule has 2 aromatic carbocycles. The van der Waals surface area contributed by atoms with Gasteiger partial charge in [-0.2, -0.15) is 0 Å². The fraction of sp³-hybridized carbons (Fsp3) is 0.130. The first-order valence-corrected chi connectivity index (χ1v) is 10.6. The molecule has 1 saturated heterocycles. The Balaban J connectivity index is 1.41. The van der Waals surface area contributed by atoms with Crippen LogP contribution in [0.4, 0.5) is 4.79 Å². The number of hydrogen-bond donors (Lipinski definition) is 0. The summed E-state index contributed by atoms with van der Waals surface area (Å²) in [5.41, 5.74) is 0.828. The third-order valence-corrected chi connectivity index (χ3v) is 5.67. The van der Waals surface area contributed by atoms with E-state index in [1.54, 1.807) is 49.6 Å². The second kappa shape index (κ2) is 9.32. The molecular formula is C23H18ClNO5S. The lowest BCUT2D eigenvalue weighted by atomic mass is 10.2. The van der Waals surface area contributed by atoms with E-state index in [9.17, 15) is 9.59 Å². The number of thioether (sulfide) groups is 1. The fourth-order valence-electron chi connectivity index (χ4n) is 3.03. The van der Waals surface area contributed by atoms with Gasteiger partial charge in [0, 0.05) is 16.7 Å². The third kappa shape index (κ3) is 4.78. The van der Waals surface area contributed by atoms with Gasteiger partial charge in [0.25, 0.3) is 11.1 Å². The maximum Gasteiger partial charge on any atom is 0.293 e. The highest BCUT2D eigenvalue weighted by Gasteiger charge is 2.35. The normalized spacial score (nSPS) is 15.0. The van der Waals surface area contributed by atoms with Crippen molar-refractivity contribution in [1.82, 2.24) is 4.90 Å². The zero-order valence-corrected chi connectivity index (χ0v) is 18.1. The van der Waals surface area contributed by atoms with Gasteiger partial charge in [-0.05, 0) is 48.2 Å². The van der Waals surface area contributed by atoms with Crippen LogP contribution in [0.15, 0.2) is 70.0 Å². The lowest BCUT2D eigenvalue weighted by Crippen LogP contribution is -2.32. The molecule has 0 bridgehead atoms. The summed E-state index contributed by atoms with van der Waals surface area (Å²) in [7, 11) is 1.55. The molecule has 1 aliphatic rings. The molecule has 2 heterocycles. The molecule has 158 valence electrons. The summed E-state index contributed by atoms with van der Waals surface area (Å²) in [5, 5.41) is 0.258. The van der Waals surface area contributed by atoms with E-state index in [2.05, 4.69) is 0 Å². The second-order valence-corrected chi connectivity index (χ2v) is 7.97. The number of benzene rings is 2. The molecule has 0 unspecified atom stereocenters. The van der Waals surface area contributed by atoms with Crippen LogP contribution < -0.4 is 9.47 Å². The number of carbonyl (C=O) groups excluding carboxylic acids is 2. The minimum atomic E-state index is -0.376. The van der Waals surface area contributed by atoms with E-state index in [1.807, 2.05) is 24.3 Å². The van der Waals surface area contributed by atoms with Gasteiger partial charge in [0.2, 0.25) is 0 Å². The minimum absolute atomic E-state index is 0.131. The van der Waals surface area contributed by atoms with Gasteiger partial charge >= 0.3 is 0 Å². The third-order valence-electron chi connectivity index (χ3n) is 4.52. The summed E-state index contributed by atoms with van der Waals surface area (Å²) in [5.74, 6) is 1.87. The van der Waals surface area contributed by atoms with Crippen LogP contribution in [0.25, 0.3) is 17.4 Å². The quantitative estimate of drug-likeness (QED) is 0.424. The minimum Gasteiger partial charge on any atom is -0.493 e. The highest BCUT2D eigenvalue weighted by molar-refractivity contribution is 8.18. The van der Waals surface area contributed by atoms with Crippen molar-refractivity contribution < 1.29 is 23.5 Å². The van der Waals surface area contributed by atoms with E-state index in [1.165, 1.54) is 0 Å². The molecule has 0 radical (unpaired) electrons. The average Bonchev–Trinajstić information content (AvgIpc) is 3.34. The first kappa shape index (κ1) is 21.1. The summed E-state index contributed by atoms with van der Waals surface area (Å²) in [6.07, 6.45) is 1.57. The van der Waals surface area contributed by atoms with Crippen LogP contribution in [-0.4, -0.2) is 36.3 Å². The maximum atomic E-state index is 12.7. The molecule has 1 aromatic heterocycles. The monoisotopic (exact) mass is 455 g/mol. The van der Waals surface area contributed by atoms with Crippen LogP contribution in [0, 0.1) is 0 Å². The number of halogens is 1. The molecule has 0 aliphatic carbocycles. The van der Waals surface area contributed by atoms with Gasteiger partial charge in [0.05, 0.1) is 18.6 Å². The van der Waals surface area contributed by atoms with E-state index < -0.39 is 0 Å². The van der Waals surface area contributed by atoms with Gasteiger partial charge in [0.15, 0.2) is 11.5 Å². The van der Waals surface area contributed by atoms with Crippen LogP contribution in [0.2, 0.25) is 5.02 Å². The lowest BCUT2D eigenvalue weighted by Gasteiger charge is -2.14. The number of imide groups is 1. The summed E-state index contributed by atoms with van der Waals surface area (Å²) in [4.78, 5) is 26.5. The Morgan fingerprint density at radius 3 is 2.65 bits per heavy atom. The van der Waals surface area contributed by atoms with Crippen molar-refractivity contribution in [1.29, 1.82) is 0 Å². The van der Waals surface area contributed by atoms with Crippen LogP contribution >= 0.6 is 23.4 Å². The first-order chi connectivity index (χ1) is 15.0. The molecule has 4 rings (SSSR count). The van der Waals surface area contributed by atoms with Crippen molar-refractivity contribution in [3.8, 4) is 22.8 Å². The van der Waals surface area contributed by atoms with Crippen molar-refractivity contribution in [2.75, 3.05) is 20.3 Å². The number of amides is 2. The smallest absolute Gasteiger partial charge is 0.293 e. The number of methoxy groups -OCH3 is 1.